The summed E-state index contributed by atoms with van der Waals surface area (Å²) < 4.78 is 4.96. The molecule has 0 aliphatic rings. The number of hydrogen-bond acceptors (Lipinski definition) is 3. The van der Waals surface area contributed by atoms with Gasteiger partial charge < -0.3 is 15.2 Å². The first kappa shape index (κ1) is 9.03. The predicted octanol–water partition coefficient (Wildman–Crippen LogP) is 1.19. The zero-order chi connectivity index (χ0) is 8.81. The van der Waals surface area contributed by atoms with E-state index in [0.29, 0.717) is 6.61 Å². The number of anilines is 1. The standard InChI is InChI=1S/C9H13NO2/c1-12-6-8-2-4-9(5-3-8)10-7-11/h2-5,10-11H,6-7H2,1H3. The fraction of sp³-hybridized carbons (Fsp3) is 0.333. The maximum Gasteiger partial charge on any atom is 0.113 e. The molecule has 12 heavy (non-hydrogen) atoms. The highest BCUT2D eigenvalue weighted by atomic mass is 16.5. The Morgan fingerprint density at radius 1 is 1.33 bits per heavy atom. The molecule has 0 amide bonds. The van der Waals surface area contributed by atoms with Gasteiger partial charge in [0, 0.05) is 12.8 Å². The third-order valence-corrected chi connectivity index (χ3v) is 1.55. The summed E-state index contributed by atoms with van der Waals surface area (Å²) in [5, 5.41) is 11.3. The third kappa shape index (κ3) is 2.53. The van der Waals surface area contributed by atoms with Gasteiger partial charge in [-0.05, 0) is 17.7 Å². The molecule has 1 aromatic carbocycles. The molecule has 2 N–H and O–H groups in total. The van der Waals surface area contributed by atoms with Crippen molar-refractivity contribution < 1.29 is 9.84 Å². The van der Waals surface area contributed by atoms with Crippen LogP contribution in [-0.2, 0) is 11.3 Å². The Bertz CT molecular complexity index is 195. The Hall–Kier alpha value is -1.06. The highest BCUT2D eigenvalue weighted by Gasteiger charge is 1.91. The highest BCUT2D eigenvalue weighted by molar-refractivity contribution is 5.43. The van der Waals surface area contributed by atoms with E-state index in [9.17, 15) is 0 Å². The Morgan fingerprint density at radius 2 is 2.00 bits per heavy atom. The summed E-state index contributed by atoms with van der Waals surface area (Å²) in [6.45, 7) is 0.586. The molecule has 3 nitrogen and oxygen atoms in total. The van der Waals surface area contributed by atoms with Crippen molar-refractivity contribution in [1.29, 1.82) is 0 Å². The lowest BCUT2D eigenvalue weighted by Gasteiger charge is -2.03. The van der Waals surface area contributed by atoms with Gasteiger partial charge in [0.2, 0.25) is 0 Å². The van der Waals surface area contributed by atoms with E-state index in [0.717, 1.165) is 11.3 Å². The van der Waals surface area contributed by atoms with Crippen LogP contribution in [0.5, 0.6) is 0 Å². The smallest absolute Gasteiger partial charge is 0.113 e. The second kappa shape index (κ2) is 4.74. The van der Waals surface area contributed by atoms with Gasteiger partial charge in [-0.2, -0.15) is 0 Å². The van der Waals surface area contributed by atoms with Gasteiger partial charge in [0.15, 0.2) is 0 Å². The first-order valence-corrected chi connectivity index (χ1v) is 3.79. The minimum absolute atomic E-state index is 0.0381. The Balaban J connectivity index is 2.58. The van der Waals surface area contributed by atoms with Crippen LogP contribution in [0.4, 0.5) is 5.69 Å². The van der Waals surface area contributed by atoms with Gasteiger partial charge in [0.05, 0.1) is 6.61 Å². The van der Waals surface area contributed by atoms with E-state index in [1.165, 1.54) is 0 Å². The lowest BCUT2D eigenvalue weighted by atomic mass is 10.2. The van der Waals surface area contributed by atoms with Crippen molar-refractivity contribution in [3.05, 3.63) is 29.8 Å². The highest BCUT2D eigenvalue weighted by Crippen LogP contribution is 2.09. The molecule has 0 aromatic heterocycles. The van der Waals surface area contributed by atoms with Crippen LogP contribution in [0.25, 0.3) is 0 Å². The van der Waals surface area contributed by atoms with Gasteiger partial charge in [0.1, 0.15) is 6.73 Å². The average Bonchev–Trinajstić information content (AvgIpc) is 2.09. The first-order valence-electron chi connectivity index (χ1n) is 3.79. The van der Waals surface area contributed by atoms with Crippen LogP contribution < -0.4 is 5.32 Å². The molecule has 0 saturated carbocycles. The van der Waals surface area contributed by atoms with Crippen molar-refractivity contribution in [2.45, 2.75) is 6.61 Å². The minimum atomic E-state index is -0.0381. The maximum absolute atomic E-state index is 8.56. The monoisotopic (exact) mass is 167 g/mol. The molecule has 1 rings (SSSR count). The molecule has 0 saturated heterocycles. The van der Waals surface area contributed by atoms with Crippen molar-refractivity contribution in [2.24, 2.45) is 0 Å². The number of nitrogens with one attached hydrogen (secondary N) is 1. The molecule has 1 aromatic rings. The molecule has 0 fully saturated rings. The number of benzene rings is 1. The van der Waals surface area contributed by atoms with Gasteiger partial charge in [-0.1, -0.05) is 12.1 Å². The summed E-state index contributed by atoms with van der Waals surface area (Å²) in [4.78, 5) is 0. The van der Waals surface area contributed by atoms with Crippen LogP contribution in [-0.4, -0.2) is 18.9 Å². The number of hydrogen-bond donors (Lipinski definition) is 2. The van der Waals surface area contributed by atoms with Gasteiger partial charge in [-0.3, -0.25) is 0 Å². The van der Waals surface area contributed by atoms with Gasteiger partial charge in [-0.15, -0.1) is 0 Å². The average molecular weight is 167 g/mol. The molecular formula is C9H13NO2. The summed E-state index contributed by atoms with van der Waals surface area (Å²) in [7, 11) is 1.67. The summed E-state index contributed by atoms with van der Waals surface area (Å²) in [5.41, 5.74) is 2.04. The summed E-state index contributed by atoms with van der Waals surface area (Å²) >= 11 is 0. The molecule has 0 aliphatic heterocycles. The van der Waals surface area contributed by atoms with E-state index in [2.05, 4.69) is 5.32 Å². The van der Waals surface area contributed by atoms with Crippen LogP contribution in [0.3, 0.4) is 0 Å². The van der Waals surface area contributed by atoms with Crippen molar-refractivity contribution in [1.82, 2.24) is 0 Å². The number of methoxy groups -OCH3 is 1. The van der Waals surface area contributed by atoms with Crippen LogP contribution in [0.15, 0.2) is 24.3 Å². The van der Waals surface area contributed by atoms with Gasteiger partial charge in [-0.25, -0.2) is 0 Å². The van der Waals surface area contributed by atoms with E-state index >= 15 is 0 Å². The summed E-state index contributed by atoms with van der Waals surface area (Å²) in [6.07, 6.45) is 0. The maximum atomic E-state index is 8.56. The number of rotatable bonds is 4. The van der Waals surface area contributed by atoms with Crippen molar-refractivity contribution >= 4 is 5.69 Å². The lowest BCUT2D eigenvalue weighted by Crippen LogP contribution is -1.99. The van der Waals surface area contributed by atoms with E-state index in [1.807, 2.05) is 24.3 Å². The molecule has 0 radical (unpaired) electrons. The molecule has 3 heteroatoms. The lowest BCUT2D eigenvalue weighted by molar-refractivity contribution is 0.185. The fourth-order valence-corrected chi connectivity index (χ4v) is 0.977. The normalized spacial score (nSPS) is 9.83. The van der Waals surface area contributed by atoms with Crippen LogP contribution >= 0.6 is 0 Å². The van der Waals surface area contributed by atoms with Crippen molar-refractivity contribution in [2.75, 3.05) is 19.2 Å². The molecule has 0 aliphatic carbocycles. The van der Waals surface area contributed by atoms with Crippen molar-refractivity contribution in [3.63, 3.8) is 0 Å². The zero-order valence-electron chi connectivity index (χ0n) is 7.08. The van der Waals surface area contributed by atoms with E-state index in [1.54, 1.807) is 7.11 Å². The molecule has 66 valence electrons. The van der Waals surface area contributed by atoms with Crippen LogP contribution in [0.2, 0.25) is 0 Å². The topological polar surface area (TPSA) is 41.5 Å². The van der Waals surface area contributed by atoms with Gasteiger partial charge >= 0.3 is 0 Å². The fourth-order valence-electron chi connectivity index (χ4n) is 0.977. The Morgan fingerprint density at radius 3 is 2.50 bits per heavy atom. The summed E-state index contributed by atoms with van der Waals surface area (Å²) in [6, 6.07) is 7.73. The molecule has 0 atom stereocenters. The summed E-state index contributed by atoms with van der Waals surface area (Å²) in [5.74, 6) is 0. The quantitative estimate of drug-likeness (QED) is 0.662. The largest absolute Gasteiger partial charge is 0.380 e. The SMILES string of the molecule is COCc1ccc(NCO)cc1. The minimum Gasteiger partial charge on any atom is -0.380 e. The predicted molar refractivity (Wildman–Crippen MR) is 47.9 cm³/mol. The number of aliphatic hydroxyl groups excluding tert-OH is 1. The van der Waals surface area contributed by atoms with E-state index < -0.39 is 0 Å². The molecule has 0 spiro atoms. The molecular weight excluding hydrogens is 154 g/mol. The van der Waals surface area contributed by atoms with Crippen molar-refractivity contribution in [3.8, 4) is 0 Å². The van der Waals surface area contributed by atoms with Gasteiger partial charge in [0.25, 0.3) is 0 Å². The van der Waals surface area contributed by atoms with E-state index in [4.69, 9.17) is 9.84 Å². The second-order valence-corrected chi connectivity index (χ2v) is 2.46. The number of ether oxygens (including phenoxy) is 1. The van der Waals surface area contributed by atoms with Crippen LogP contribution in [0.1, 0.15) is 5.56 Å². The second-order valence-electron chi connectivity index (χ2n) is 2.46. The zero-order valence-corrected chi connectivity index (χ0v) is 7.08. The van der Waals surface area contributed by atoms with E-state index in [-0.39, 0.29) is 6.73 Å². The first-order chi connectivity index (χ1) is 5.86. The third-order valence-electron chi connectivity index (χ3n) is 1.55. The molecule has 0 heterocycles. The molecule has 0 bridgehead atoms. The number of aliphatic hydroxyl groups is 1. The molecule has 0 unspecified atom stereocenters. The Labute approximate surface area is 72.0 Å². The Kier molecular flexibility index (Phi) is 3.57. The van der Waals surface area contributed by atoms with Crippen LogP contribution in [0, 0.1) is 0 Å².